The molecule has 0 fully saturated rings. The molecule has 1 aliphatic rings. The molecule has 0 saturated carbocycles. The van der Waals surface area contributed by atoms with E-state index in [2.05, 4.69) is 0 Å². The molecule has 0 aromatic carbocycles. The van der Waals surface area contributed by atoms with Crippen molar-refractivity contribution < 1.29 is 14.4 Å². The first-order valence-corrected chi connectivity index (χ1v) is 4.76. The van der Waals surface area contributed by atoms with Crippen LogP contribution < -0.4 is 5.73 Å². The minimum absolute atomic E-state index is 0.156. The molecular weight excluding hydrogens is 212 g/mol. The van der Waals surface area contributed by atoms with Crippen molar-refractivity contribution in [1.29, 1.82) is 0 Å². The van der Waals surface area contributed by atoms with E-state index in [1.54, 1.807) is 13.8 Å². The third-order valence-corrected chi connectivity index (χ3v) is 2.75. The Hall–Kier alpha value is -1.40. The number of methoxy groups -OCH3 is 2. The van der Waals surface area contributed by atoms with Crippen LogP contribution in [-0.2, 0) is 9.47 Å². The number of rotatable bonds is 3. The van der Waals surface area contributed by atoms with Crippen molar-refractivity contribution in [1.82, 2.24) is 0 Å². The van der Waals surface area contributed by atoms with Gasteiger partial charge in [0.05, 0.1) is 4.92 Å². The highest BCUT2D eigenvalue weighted by Crippen LogP contribution is 2.38. The van der Waals surface area contributed by atoms with Gasteiger partial charge in [-0.3, -0.25) is 10.1 Å². The lowest BCUT2D eigenvalue weighted by molar-refractivity contribution is -0.459. The molecule has 2 N–H and O–H groups in total. The topological polar surface area (TPSA) is 87.6 Å². The molecule has 6 heteroatoms. The van der Waals surface area contributed by atoms with Crippen molar-refractivity contribution in [2.45, 2.75) is 19.6 Å². The van der Waals surface area contributed by atoms with Gasteiger partial charge in [0.2, 0.25) is 0 Å². The number of ether oxygens (including phenoxy) is 2. The van der Waals surface area contributed by atoms with Crippen molar-refractivity contribution in [3.05, 3.63) is 33.7 Å². The van der Waals surface area contributed by atoms with E-state index < -0.39 is 16.1 Å². The fraction of sp³-hybridized carbons (Fsp3) is 0.600. The number of allylic oxidation sites excluding steroid dienone is 1. The Bertz CT molecular complexity index is 367. The van der Waals surface area contributed by atoms with Crippen LogP contribution in [0.3, 0.4) is 0 Å². The highest BCUT2D eigenvalue weighted by atomic mass is 16.7. The molecule has 0 saturated heterocycles. The Morgan fingerprint density at radius 1 is 1.31 bits per heavy atom. The lowest BCUT2D eigenvalue weighted by atomic mass is 9.82. The van der Waals surface area contributed by atoms with Crippen LogP contribution in [0.4, 0.5) is 0 Å². The summed E-state index contributed by atoms with van der Waals surface area (Å²) in [5.41, 5.74) is 5.57. The van der Waals surface area contributed by atoms with E-state index in [1.165, 1.54) is 26.4 Å². The van der Waals surface area contributed by atoms with Crippen molar-refractivity contribution in [2.24, 2.45) is 11.1 Å². The van der Waals surface area contributed by atoms with Crippen LogP contribution in [-0.4, -0.2) is 24.9 Å². The molecule has 0 aromatic rings. The second kappa shape index (κ2) is 3.88. The summed E-state index contributed by atoms with van der Waals surface area (Å²) in [6.45, 7) is 3.58. The van der Waals surface area contributed by atoms with E-state index in [0.717, 1.165) is 0 Å². The molecule has 0 spiro atoms. The van der Waals surface area contributed by atoms with E-state index in [9.17, 15) is 10.1 Å². The highest BCUT2D eigenvalue weighted by molar-refractivity contribution is 5.32. The Labute approximate surface area is 93.9 Å². The van der Waals surface area contributed by atoms with E-state index >= 15 is 0 Å². The first-order valence-electron chi connectivity index (χ1n) is 4.76. The van der Waals surface area contributed by atoms with Gasteiger partial charge in [-0.25, -0.2) is 0 Å². The van der Waals surface area contributed by atoms with Crippen molar-refractivity contribution >= 4 is 0 Å². The molecule has 6 nitrogen and oxygen atoms in total. The van der Waals surface area contributed by atoms with Crippen molar-refractivity contribution in [3.63, 3.8) is 0 Å². The van der Waals surface area contributed by atoms with Crippen LogP contribution in [0.2, 0.25) is 0 Å². The predicted octanol–water partition coefficient (Wildman–Crippen LogP) is 1.02. The summed E-state index contributed by atoms with van der Waals surface area (Å²) in [5, 5.41) is 11.0. The smallest absolute Gasteiger partial charge is 0.306 e. The third kappa shape index (κ3) is 1.81. The molecule has 1 rings (SSSR count). The van der Waals surface area contributed by atoms with Gasteiger partial charge in [0.25, 0.3) is 5.79 Å². The Morgan fingerprint density at radius 3 is 2.19 bits per heavy atom. The summed E-state index contributed by atoms with van der Waals surface area (Å²) >= 11 is 0. The second-order valence-corrected chi connectivity index (χ2v) is 4.18. The molecule has 0 unspecified atom stereocenters. The first kappa shape index (κ1) is 12.7. The van der Waals surface area contributed by atoms with Crippen LogP contribution in [0.15, 0.2) is 23.5 Å². The number of nitro groups is 1. The normalized spacial score (nSPS) is 22.2. The molecule has 0 bridgehead atoms. The molecular formula is C10H16N2O4. The molecule has 1 aliphatic carbocycles. The van der Waals surface area contributed by atoms with E-state index in [-0.39, 0.29) is 5.70 Å². The fourth-order valence-corrected chi connectivity index (χ4v) is 1.58. The monoisotopic (exact) mass is 228 g/mol. The molecule has 0 aromatic heterocycles. The number of hydrogen-bond acceptors (Lipinski definition) is 5. The van der Waals surface area contributed by atoms with Gasteiger partial charge in [-0.05, 0) is 0 Å². The lowest BCUT2D eigenvalue weighted by Crippen LogP contribution is -2.43. The molecule has 0 radical (unpaired) electrons. The third-order valence-electron chi connectivity index (χ3n) is 2.75. The van der Waals surface area contributed by atoms with Crippen molar-refractivity contribution in [2.75, 3.05) is 14.2 Å². The lowest BCUT2D eigenvalue weighted by Gasteiger charge is -2.33. The highest BCUT2D eigenvalue weighted by Gasteiger charge is 2.47. The summed E-state index contributed by atoms with van der Waals surface area (Å²) in [5.74, 6) is -1.50. The molecule has 0 amide bonds. The van der Waals surface area contributed by atoms with Crippen molar-refractivity contribution in [3.8, 4) is 0 Å². The molecule has 0 heterocycles. The Balaban J connectivity index is 3.35. The van der Waals surface area contributed by atoms with E-state index in [1.807, 2.05) is 0 Å². The van der Waals surface area contributed by atoms with Gasteiger partial charge < -0.3 is 15.2 Å². The zero-order valence-electron chi connectivity index (χ0n) is 9.81. The summed E-state index contributed by atoms with van der Waals surface area (Å²) in [6, 6.07) is 0. The van der Waals surface area contributed by atoms with Crippen LogP contribution in [0.1, 0.15) is 13.8 Å². The fourth-order valence-electron chi connectivity index (χ4n) is 1.58. The molecule has 0 atom stereocenters. The summed E-state index contributed by atoms with van der Waals surface area (Å²) in [4.78, 5) is 10.5. The van der Waals surface area contributed by atoms with Crippen LogP contribution in [0.5, 0.6) is 0 Å². The zero-order chi connectivity index (χ0) is 12.6. The van der Waals surface area contributed by atoms with Gasteiger partial charge in [-0.1, -0.05) is 13.8 Å². The maximum Gasteiger partial charge on any atom is 0.306 e. The zero-order valence-corrected chi connectivity index (χ0v) is 9.81. The summed E-state index contributed by atoms with van der Waals surface area (Å²) in [7, 11) is 2.67. The number of nitrogens with two attached hydrogens (primary N) is 1. The van der Waals surface area contributed by atoms with Crippen LogP contribution in [0.25, 0.3) is 0 Å². The van der Waals surface area contributed by atoms with Gasteiger partial charge in [0.1, 0.15) is 0 Å². The number of hydrogen-bond donors (Lipinski definition) is 1. The van der Waals surface area contributed by atoms with E-state index in [0.29, 0.717) is 5.70 Å². The second-order valence-electron chi connectivity index (χ2n) is 4.18. The van der Waals surface area contributed by atoms with Crippen LogP contribution >= 0.6 is 0 Å². The maximum absolute atomic E-state index is 11.0. The first-order chi connectivity index (χ1) is 7.29. The predicted molar refractivity (Wildman–Crippen MR) is 57.9 cm³/mol. The minimum Gasteiger partial charge on any atom is -0.401 e. The summed E-state index contributed by atoms with van der Waals surface area (Å²) < 4.78 is 10.2. The van der Waals surface area contributed by atoms with Gasteiger partial charge in [0, 0.05) is 37.5 Å². The Kier molecular flexibility index (Phi) is 3.07. The van der Waals surface area contributed by atoms with Crippen LogP contribution in [0, 0.1) is 15.5 Å². The van der Waals surface area contributed by atoms with E-state index in [4.69, 9.17) is 15.2 Å². The van der Waals surface area contributed by atoms with Gasteiger partial charge >= 0.3 is 5.70 Å². The summed E-state index contributed by atoms with van der Waals surface area (Å²) in [6.07, 6.45) is 2.89. The SMILES string of the molecule is COC1(OC)C=C(N)C(C)(C)C=C1[N+](=O)[O-]. The maximum atomic E-state index is 11.0. The average Bonchev–Trinajstić information content (AvgIpc) is 2.21. The average molecular weight is 228 g/mol. The number of nitrogens with zero attached hydrogens (tertiary/aromatic N) is 1. The quantitative estimate of drug-likeness (QED) is 0.442. The molecule has 90 valence electrons. The molecule has 16 heavy (non-hydrogen) atoms. The van der Waals surface area contributed by atoms with Gasteiger partial charge in [-0.2, -0.15) is 0 Å². The largest absolute Gasteiger partial charge is 0.401 e. The van der Waals surface area contributed by atoms with Gasteiger partial charge in [-0.15, -0.1) is 0 Å². The Morgan fingerprint density at radius 2 is 1.81 bits per heavy atom. The molecule has 0 aliphatic heterocycles. The van der Waals surface area contributed by atoms with Gasteiger partial charge in [0.15, 0.2) is 0 Å². The standard InChI is InChI=1S/C10H16N2O4/c1-9(2)6-8(12(13)14)10(15-3,16-4)5-7(9)11/h5-6H,11H2,1-4H3. The minimum atomic E-state index is -1.50.